The lowest BCUT2D eigenvalue weighted by Crippen LogP contribution is -2.70. The van der Waals surface area contributed by atoms with E-state index >= 15 is 4.39 Å². The van der Waals surface area contributed by atoms with E-state index in [0.29, 0.717) is 25.7 Å². The largest absolute Gasteiger partial charge is 0.457 e. The van der Waals surface area contributed by atoms with Crippen LogP contribution in [0.3, 0.4) is 0 Å². The monoisotopic (exact) mass is 558 g/mol. The Morgan fingerprint density at radius 3 is 2.50 bits per heavy atom. The van der Waals surface area contributed by atoms with Crippen LogP contribution in [0, 0.1) is 28.6 Å². The van der Waals surface area contributed by atoms with Crippen molar-refractivity contribution >= 4 is 23.8 Å². The first-order valence-electron chi connectivity index (χ1n) is 14.9. The molecule has 8 nitrogen and oxygen atoms in total. The van der Waals surface area contributed by atoms with E-state index in [4.69, 9.17) is 9.47 Å². The lowest BCUT2D eigenvalue weighted by Gasteiger charge is -2.63. The normalized spacial score (nSPS) is 39.8. The highest BCUT2D eigenvalue weighted by molar-refractivity contribution is 5.93. The van der Waals surface area contributed by atoms with Gasteiger partial charge in [-0.15, -0.1) is 0 Å². The molecule has 1 heterocycles. The molecule has 1 aromatic heterocycles. The fourth-order valence-corrected chi connectivity index (χ4v) is 9.16. The summed E-state index contributed by atoms with van der Waals surface area (Å²) in [5, 5.41) is 16.4. The number of nitrogens with zero attached hydrogens (tertiary/aromatic N) is 2. The van der Waals surface area contributed by atoms with Gasteiger partial charge in [0, 0.05) is 42.1 Å². The molecule has 0 radical (unpaired) electrons. The number of esters is 2. The molecule has 4 aliphatic carbocycles. The van der Waals surface area contributed by atoms with Crippen molar-refractivity contribution in [3.63, 3.8) is 0 Å². The second-order valence-corrected chi connectivity index (χ2v) is 12.8. The number of carbonyl (C=O) groups is 3. The van der Waals surface area contributed by atoms with Crippen molar-refractivity contribution < 1.29 is 33.4 Å². The summed E-state index contributed by atoms with van der Waals surface area (Å²) in [7, 11) is 0. The molecule has 5 rings (SSSR count). The van der Waals surface area contributed by atoms with Crippen molar-refractivity contribution in [1.82, 2.24) is 9.78 Å². The van der Waals surface area contributed by atoms with E-state index in [1.165, 1.54) is 0 Å². The number of allylic oxidation sites excluding steroid dienone is 1. The third-order valence-corrected chi connectivity index (χ3v) is 11.1. The number of hydrogen-bond donors (Lipinski definition) is 1. The van der Waals surface area contributed by atoms with Crippen LogP contribution in [0.1, 0.15) is 91.3 Å². The van der Waals surface area contributed by atoms with Crippen LogP contribution in [0.2, 0.25) is 0 Å². The van der Waals surface area contributed by atoms with Crippen LogP contribution < -0.4 is 0 Å². The minimum atomic E-state index is -1.93. The summed E-state index contributed by atoms with van der Waals surface area (Å²) >= 11 is 0. The smallest absolute Gasteiger partial charge is 0.306 e. The first-order valence-corrected chi connectivity index (χ1v) is 14.9. The Hall–Kier alpha value is -2.55. The Labute approximate surface area is 235 Å². The van der Waals surface area contributed by atoms with Gasteiger partial charge in [0.1, 0.15) is 5.67 Å². The first kappa shape index (κ1) is 29.0. The molecule has 3 fully saturated rings. The number of carbonyl (C=O) groups excluding carboxylic acids is 3. The number of aliphatic hydroxyl groups excluding tert-OH is 1. The summed E-state index contributed by atoms with van der Waals surface area (Å²) in [5.74, 6) is -2.85. The van der Waals surface area contributed by atoms with Crippen LogP contribution in [0.25, 0.3) is 6.08 Å². The molecular weight excluding hydrogens is 515 g/mol. The minimum Gasteiger partial charge on any atom is -0.457 e. The van der Waals surface area contributed by atoms with Gasteiger partial charge in [0.15, 0.2) is 12.2 Å². The van der Waals surface area contributed by atoms with Gasteiger partial charge in [0.2, 0.25) is 5.78 Å². The molecule has 0 aromatic carbocycles. The van der Waals surface area contributed by atoms with Gasteiger partial charge in [0.25, 0.3) is 0 Å². The average molecular weight is 559 g/mol. The second kappa shape index (κ2) is 9.78. The van der Waals surface area contributed by atoms with Gasteiger partial charge in [-0.25, -0.2) is 4.39 Å². The standard InChI is InChI=1S/C31H43FN2O6/c1-7-26(37)39-17-25(36)31(40-27(38)8-2)18(4)12-22-21-11-10-20-13-23-19(16-33-34(23)9-3)14-28(20,5)30(21,32)24(35)15-29(22,31)6/h13,16,18,21-22,24,35H,7-12,14-15,17H2,1-6H3/t18-,21-,22-,24-,28-,29-,30-,31+/m0/s1. The van der Waals surface area contributed by atoms with Crippen molar-refractivity contribution in [1.29, 1.82) is 0 Å². The van der Waals surface area contributed by atoms with E-state index in [1.807, 2.05) is 38.6 Å². The van der Waals surface area contributed by atoms with Gasteiger partial charge < -0.3 is 14.6 Å². The molecule has 0 spiro atoms. The van der Waals surface area contributed by atoms with Gasteiger partial charge in [-0.3, -0.25) is 19.1 Å². The Bertz CT molecular complexity index is 1260. The number of fused-ring (bicyclic) bond motifs is 6. The van der Waals surface area contributed by atoms with Crippen LogP contribution in [0.5, 0.6) is 0 Å². The zero-order chi connectivity index (χ0) is 29.3. The number of ether oxygens (including phenoxy) is 2. The number of aromatic nitrogens is 2. The van der Waals surface area contributed by atoms with Crippen LogP contribution in [0.15, 0.2) is 11.8 Å². The van der Waals surface area contributed by atoms with E-state index in [2.05, 4.69) is 11.2 Å². The molecule has 0 amide bonds. The maximum absolute atomic E-state index is 18.0. The topological polar surface area (TPSA) is 108 Å². The number of aryl methyl sites for hydroxylation is 1. The third-order valence-electron chi connectivity index (χ3n) is 11.1. The van der Waals surface area contributed by atoms with E-state index in [-0.39, 0.29) is 25.2 Å². The van der Waals surface area contributed by atoms with Crippen molar-refractivity contribution in [3.05, 3.63) is 23.0 Å². The zero-order valence-corrected chi connectivity index (χ0v) is 24.6. The van der Waals surface area contributed by atoms with Crippen LogP contribution in [-0.2, 0) is 36.8 Å². The van der Waals surface area contributed by atoms with Crippen LogP contribution >= 0.6 is 0 Å². The maximum atomic E-state index is 18.0. The molecule has 0 saturated heterocycles. The predicted octanol–water partition coefficient (Wildman–Crippen LogP) is 4.61. The quantitative estimate of drug-likeness (QED) is 0.487. The molecule has 1 aromatic rings. The Kier molecular flexibility index (Phi) is 7.08. The Morgan fingerprint density at radius 2 is 1.85 bits per heavy atom. The zero-order valence-electron chi connectivity index (χ0n) is 24.6. The highest BCUT2D eigenvalue weighted by Crippen LogP contribution is 2.72. The van der Waals surface area contributed by atoms with Gasteiger partial charge in [-0.05, 0) is 56.6 Å². The lowest BCUT2D eigenvalue weighted by molar-refractivity contribution is -0.234. The summed E-state index contributed by atoms with van der Waals surface area (Å²) in [6.07, 6.45) is 4.76. The molecule has 0 aliphatic heterocycles. The molecule has 4 aliphatic rings. The molecule has 40 heavy (non-hydrogen) atoms. The first-order chi connectivity index (χ1) is 18.8. The lowest BCUT2D eigenvalue weighted by atomic mass is 9.43. The fourth-order valence-electron chi connectivity index (χ4n) is 9.16. The van der Waals surface area contributed by atoms with Crippen molar-refractivity contribution in [2.24, 2.45) is 28.6 Å². The SMILES string of the molecule is CCC(=O)OCC(=O)[C@]1(OC(=O)CC)[C@@H](C)C[C@H]2[C@@H]3CCC4=Cc5c(cnn5CC)C[C@]4(C)[C@@]3(F)[C@@H](O)C[C@@]21C. The molecule has 220 valence electrons. The summed E-state index contributed by atoms with van der Waals surface area (Å²) < 4.78 is 31.2. The highest BCUT2D eigenvalue weighted by Gasteiger charge is 2.77. The van der Waals surface area contributed by atoms with Gasteiger partial charge in [-0.1, -0.05) is 40.2 Å². The summed E-state index contributed by atoms with van der Waals surface area (Å²) in [6, 6.07) is 0. The maximum Gasteiger partial charge on any atom is 0.306 e. The molecule has 8 atom stereocenters. The van der Waals surface area contributed by atoms with E-state index in [0.717, 1.165) is 23.4 Å². The fraction of sp³-hybridized carbons (Fsp3) is 0.742. The molecular formula is C31H43FN2O6. The van der Waals surface area contributed by atoms with Crippen LogP contribution in [0.4, 0.5) is 4.39 Å². The Balaban J connectivity index is 1.57. The number of rotatable bonds is 7. The molecule has 0 bridgehead atoms. The van der Waals surface area contributed by atoms with E-state index in [1.54, 1.807) is 13.8 Å². The summed E-state index contributed by atoms with van der Waals surface area (Å²) in [6.45, 7) is 11.2. The Morgan fingerprint density at radius 1 is 1.15 bits per heavy atom. The summed E-state index contributed by atoms with van der Waals surface area (Å²) in [5.41, 5.74) is -2.54. The number of Topliss-reactive ketones (excluding diaryl/α,β-unsaturated/α-hetero) is 1. The van der Waals surface area contributed by atoms with Crippen molar-refractivity contribution in [2.45, 2.75) is 110 Å². The molecule has 3 saturated carbocycles. The summed E-state index contributed by atoms with van der Waals surface area (Å²) in [4.78, 5) is 38.7. The van der Waals surface area contributed by atoms with Gasteiger partial charge in [0.05, 0.1) is 18.0 Å². The van der Waals surface area contributed by atoms with Crippen molar-refractivity contribution in [3.8, 4) is 0 Å². The molecule has 0 unspecified atom stereocenters. The number of ketones is 1. The minimum absolute atomic E-state index is 0.0383. The number of aliphatic hydroxyl groups is 1. The van der Waals surface area contributed by atoms with E-state index in [9.17, 15) is 19.5 Å². The molecule has 9 heteroatoms. The third kappa shape index (κ3) is 3.64. The predicted molar refractivity (Wildman–Crippen MR) is 146 cm³/mol. The highest BCUT2D eigenvalue weighted by atomic mass is 19.1. The average Bonchev–Trinajstić information content (AvgIpc) is 3.41. The second-order valence-electron chi connectivity index (χ2n) is 12.8. The van der Waals surface area contributed by atoms with Gasteiger partial charge >= 0.3 is 11.9 Å². The van der Waals surface area contributed by atoms with E-state index < -0.39 is 64.4 Å². The number of hydrogen-bond acceptors (Lipinski definition) is 7. The van der Waals surface area contributed by atoms with Crippen LogP contribution in [-0.4, -0.2) is 56.6 Å². The van der Waals surface area contributed by atoms with Crippen molar-refractivity contribution in [2.75, 3.05) is 6.61 Å². The number of alkyl halides is 1. The number of halogens is 1. The molecule has 1 N–H and O–H groups in total. The van der Waals surface area contributed by atoms with Gasteiger partial charge in [-0.2, -0.15) is 5.10 Å².